The molecule has 1 aromatic carbocycles. The van der Waals surface area contributed by atoms with Crippen LogP contribution in [0.15, 0.2) is 90.4 Å². The first-order chi connectivity index (χ1) is 13.8. The van der Waals surface area contributed by atoms with Crippen LogP contribution in [-0.2, 0) is 0 Å². The monoisotopic (exact) mass is 374 g/mol. The maximum atomic E-state index is 13.1. The molecule has 146 valence electrons. The number of hydrogen-bond donors (Lipinski definition) is 0. The molecule has 0 radical (unpaired) electrons. The van der Waals surface area contributed by atoms with Gasteiger partial charge in [-0.25, -0.2) is 4.98 Å². The fraction of sp³-hybridized carbons (Fsp3) is 0.200. The minimum Gasteiger partial charge on any atom is -0.268 e. The smallest absolute Gasteiger partial charge is 0.266 e. The molecule has 0 aliphatic heterocycles. The lowest BCUT2D eigenvalue weighted by atomic mass is 9.99. The topological polar surface area (TPSA) is 34.4 Å². The molecule has 0 unspecified atom stereocenters. The second-order valence-electron chi connectivity index (χ2n) is 5.27. The molecule has 2 heterocycles. The molecule has 0 fully saturated rings. The largest absolute Gasteiger partial charge is 0.268 e. The Morgan fingerprint density at radius 3 is 2.25 bits per heavy atom. The Hall–Kier alpha value is -3.20. The van der Waals surface area contributed by atoms with Crippen molar-refractivity contribution < 1.29 is 0 Å². The highest BCUT2D eigenvalue weighted by atomic mass is 16.1. The van der Waals surface area contributed by atoms with E-state index in [2.05, 4.69) is 6.58 Å². The number of fused-ring (bicyclic) bond motifs is 1. The maximum Gasteiger partial charge on any atom is 0.266 e. The van der Waals surface area contributed by atoms with E-state index >= 15 is 0 Å². The molecule has 0 saturated carbocycles. The predicted octanol–water partition coefficient (Wildman–Crippen LogP) is 6.56. The molecular formula is C25H30N2O. The summed E-state index contributed by atoms with van der Waals surface area (Å²) in [6, 6.07) is 15.3. The first-order valence-electron chi connectivity index (χ1n) is 9.79. The third-order valence-electron chi connectivity index (χ3n) is 3.79. The lowest BCUT2D eigenvalue weighted by Gasteiger charge is -2.12. The number of nitrogens with zero attached hydrogens (tertiary/aromatic N) is 2. The van der Waals surface area contributed by atoms with Crippen LogP contribution in [0.25, 0.3) is 22.5 Å². The second kappa shape index (κ2) is 12.2. The van der Waals surface area contributed by atoms with Gasteiger partial charge in [0.05, 0.1) is 11.3 Å². The highest BCUT2D eigenvalue weighted by Gasteiger charge is 2.16. The lowest BCUT2D eigenvalue weighted by molar-refractivity contribution is 1.04. The van der Waals surface area contributed by atoms with E-state index in [1.54, 1.807) is 16.7 Å². The van der Waals surface area contributed by atoms with Crippen LogP contribution < -0.4 is 5.56 Å². The normalized spacial score (nSPS) is 10.7. The Kier molecular flexibility index (Phi) is 9.98. The van der Waals surface area contributed by atoms with Crippen LogP contribution >= 0.6 is 0 Å². The van der Waals surface area contributed by atoms with E-state index in [-0.39, 0.29) is 5.56 Å². The summed E-state index contributed by atoms with van der Waals surface area (Å²) in [5.74, 6) is 0. The van der Waals surface area contributed by atoms with Gasteiger partial charge in [0.2, 0.25) is 0 Å². The Labute approximate surface area is 168 Å². The minimum absolute atomic E-state index is 0.0822. The zero-order valence-corrected chi connectivity index (χ0v) is 17.5. The number of aromatic nitrogens is 2. The molecule has 3 nitrogen and oxygen atoms in total. The Balaban J connectivity index is 0.000000921. The summed E-state index contributed by atoms with van der Waals surface area (Å²) in [5, 5.41) is 0. The van der Waals surface area contributed by atoms with Gasteiger partial charge in [-0.15, -0.1) is 0 Å². The van der Waals surface area contributed by atoms with Crippen molar-refractivity contribution in [2.24, 2.45) is 0 Å². The van der Waals surface area contributed by atoms with Crippen LogP contribution in [0.1, 0.15) is 40.2 Å². The standard InChI is InChI=1S/C21H18N2O.2C2H6/c1-3-5-11-16(4-2)19-20(17-12-7-6-8-13-17)22-18-14-9-10-15-23(18)21(19)24;2*1-2/h3-15H,1H2,2H3;2*1-2H3/b11-5-,16-4+;;. The van der Waals surface area contributed by atoms with Gasteiger partial charge >= 0.3 is 0 Å². The molecule has 3 heteroatoms. The van der Waals surface area contributed by atoms with E-state index in [9.17, 15) is 4.79 Å². The lowest BCUT2D eigenvalue weighted by Crippen LogP contribution is -2.20. The summed E-state index contributed by atoms with van der Waals surface area (Å²) in [5.41, 5.74) is 3.57. The van der Waals surface area contributed by atoms with E-state index in [1.165, 1.54) is 0 Å². The molecule has 0 atom stereocenters. The van der Waals surface area contributed by atoms with Crippen molar-refractivity contribution >= 4 is 11.2 Å². The maximum absolute atomic E-state index is 13.1. The quantitative estimate of drug-likeness (QED) is 0.485. The first kappa shape index (κ1) is 22.8. The summed E-state index contributed by atoms with van der Waals surface area (Å²) in [6.07, 6.45) is 9.06. The van der Waals surface area contributed by atoms with Crippen LogP contribution in [0, 0.1) is 0 Å². The molecule has 0 N–H and O–H groups in total. The molecule has 0 bridgehead atoms. The summed E-state index contributed by atoms with van der Waals surface area (Å²) < 4.78 is 1.58. The van der Waals surface area contributed by atoms with Crippen molar-refractivity contribution in [2.45, 2.75) is 34.6 Å². The van der Waals surface area contributed by atoms with Gasteiger partial charge in [0, 0.05) is 11.8 Å². The van der Waals surface area contributed by atoms with E-state index in [0.29, 0.717) is 16.9 Å². The van der Waals surface area contributed by atoms with Crippen LogP contribution in [0.4, 0.5) is 0 Å². The molecule has 3 aromatic rings. The van der Waals surface area contributed by atoms with E-state index < -0.39 is 0 Å². The van der Waals surface area contributed by atoms with Crippen molar-refractivity contribution in [3.05, 3.63) is 102 Å². The van der Waals surface area contributed by atoms with Crippen molar-refractivity contribution in [3.63, 3.8) is 0 Å². The number of pyridine rings is 1. The van der Waals surface area contributed by atoms with Crippen LogP contribution in [0.2, 0.25) is 0 Å². The second-order valence-corrected chi connectivity index (χ2v) is 5.27. The number of rotatable bonds is 4. The molecule has 0 aliphatic rings. The summed E-state index contributed by atoms with van der Waals surface area (Å²) in [6.45, 7) is 13.6. The molecule has 0 spiro atoms. The van der Waals surface area contributed by atoms with Gasteiger partial charge in [-0.2, -0.15) is 0 Å². The zero-order valence-electron chi connectivity index (χ0n) is 17.5. The molecule has 2 aromatic heterocycles. The van der Waals surface area contributed by atoms with E-state index in [1.807, 2.05) is 101 Å². The fourth-order valence-corrected chi connectivity index (χ4v) is 2.65. The van der Waals surface area contributed by atoms with Crippen LogP contribution in [0.5, 0.6) is 0 Å². The third kappa shape index (κ3) is 5.17. The minimum atomic E-state index is -0.0822. The van der Waals surface area contributed by atoms with E-state index in [4.69, 9.17) is 4.98 Å². The van der Waals surface area contributed by atoms with E-state index in [0.717, 1.165) is 11.1 Å². The zero-order chi connectivity index (χ0) is 20.9. The number of benzene rings is 1. The highest BCUT2D eigenvalue weighted by molar-refractivity contribution is 5.84. The van der Waals surface area contributed by atoms with Gasteiger partial charge < -0.3 is 0 Å². The molecule has 0 amide bonds. The van der Waals surface area contributed by atoms with Crippen molar-refractivity contribution in [2.75, 3.05) is 0 Å². The average Bonchev–Trinajstić information content (AvgIpc) is 2.78. The third-order valence-corrected chi connectivity index (χ3v) is 3.79. The molecule has 28 heavy (non-hydrogen) atoms. The Morgan fingerprint density at radius 1 is 1.00 bits per heavy atom. The van der Waals surface area contributed by atoms with Crippen molar-refractivity contribution in [1.29, 1.82) is 0 Å². The van der Waals surface area contributed by atoms with Gasteiger partial charge in [-0.05, 0) is 24.6 Å². The number of allylic oxidation sites excluding steroid dienone is 5. The molecular weight excluding hydrogens is 344 g/mol. The summed E-state index contributed by atoms with van der Waals surface area (Å²) in [7, 11) is 0. The Morgan fingerprint density at radius 2 is 1.64 bits per heavy atom. The summed E-state index contributed by atoms with van der Waals surface area (Å²) >= 11 is 0. The van der Waals surface area contributed by atoms with Crippen LogP contribution in [-0.4, -0.2) is 9.38 Å². The molecule has 3 rings (SSSR count). The van der Waals surface area contributed by atoms with Gasteiger partial charge in [0.15, 0.2) is 0 Å². The van der Waals surface area contributed by atoms with Gasteiger partial charge in [0.25, 0.3) is 5.56 Å². The van der Waals surface area contributed by atoms with Gasteiger partial charge in [0.1, 0.15) is 5.65 Å². The highest BCUT2D eigenvalue weighted by Crippen LogP contribution is 2.26. The molecule has 0 saturated heterocycles. The van der Waals surface area contributed by atoms with Crippen LogP contribution in [0.3, 0.4) is 0 Å². The SMILES string of the molecule is C=C/C=C\C(=C/C)c1c(-c2ccccc2)nc2ccccn2c1=O.CC.CC. The fourth-order valence-electron chi connectivity index (χ4n) is 2.65. The molecule has 0 aliphatic carbocycles. The average molecular weight is 375 g/mol. The first-order valence-corrected chi connectivity index (χ1v) is 9.79. The van der Waals surface area contributed by atoms with Crippen molar-refractivity contribution in [3.8, 4) is 11.3 Å². The van der Waals surface area contributed by atoms with Gasteiger partial charge in [-0.1, -0.05) is 95.0 Å². The predicted molar refractivity (Wildman–Crippen MR) is 123 cm³/mol. The Bertz CT molecular complexity index is 996. The van der Waals surface area contributed by atoms with Crippen molar-refractivity contribution in [1.82, 2.24) is 9.38 Å². The van der Waals surface area contributed by atoms with Gasteiger partial charge in [-0.3, -0.25) is 9.20 Å². The summed E-state index contributed by atoms with van der Waals surface area (Å²) in [4.78, 5) is 17.9. The number of hydrogen-bond acceptors (Lipinski definition) is 2.